The van der Waals surface area contributed by atoms with Gasteiger partial charge in [-0.05, 0) is 37.0 Å². The van der Waals surface area contributed by atoms with Gasteiger partial charge in [-0.1, -0.05) is 26.0 Å². The van der Waals surface area contributed by atoms with Crippen LogP contribution in [0.5, 0.6) is 0 Å². The lowest BCUT2D eigenvalue weighted by Crippen LogP contribution is -2.44. The maximum atomic E-state index is 12.1. The lowest BCUT2D eigenvalue weighted by molar-refractivity contribution is -0.124. The standard InChI is InChI=1S/C17H25N3O2/c1-11(2)16(18)17(22)19-12(3)13-6-4-7-14(10-13)20-9-5-8-15(20)21/h4,6-7,10-12,16H,5,8-9,18H2,1-3H3,(H,19,22)/t12?,16-/m0/s1. The molecule has 1 aliphatic rings. The number of rotatable bonds is 5. The normalized spacial score (nSPS) is 17.7. The minimum atomic E-state index is -0.509. The van der Waals surface area contributed by atoms with Gasteiger partial charge in [-0.15, -0.1) is 0 Å². The van der Waals surface area contributed by atoms with E-state index in [4.69, 9.17) is 5.73 Å². The average Bonchev–Trinajstić information content (AvgIpc) is 2.92. The first-order chi connectivity index (χ1) is 10.4. The number of carbonyl (C=O) groups excluding carboxylic acids is 2. The maximum absolute atomic E-state index is 12.1. The van der Waals surface area contributed by atoms with E-state index in [2.05, 4.69) is 5.32 Å². The lowest BCUT2D eigenvalue weighted by atomic mass is 10.0. The van der Waals surface area contributed by atoms with Crippen molar-refractivity contribution in [1.82, 2.24) is 5.32 Å². The van der Waals surface area contributed by atoms with Crippen molar-refractivity contribution in [2.24, 2.45) is 11.7 Å². The summed E-state index contributed by atoms with van der Waals surface area (Å²) in [6, 6.07) is 7.12. The molecule has 1 unspecified atom stereocenters. The van der Waals surface area contributed by atoms with Crippen molar-refractivity contribution in [3.63, 3.8) is 0 Å². The Hall–Kier alpha value is -1.88. The zero-order chi connectivity index (χ0) is 16.3. The molecular formula is C17H25N3O2. The average molecular weight is 303 g/mol. The van der Waals surface area contributed by atoms with Gasteiger partial charge in [0.1, 0.15) is 0 Å². The Morgan fingerprint density at radius 1 is 1.32 bits per heavy atom. The predicted molar refractivity (Wildman–Crippen MR) is 87.4 cm³/mol. The van der Waals surface area contributed by atoms with Gasteiger partial charge < -0.3 is 16.0 Å². The number of nitrogens with one attached hydrogen (secondary N) is 1. The van der Waals surface area contributed by atoms with Crippen molar-refractivity contribution in [2.45, 2.75) is 45.7 Å². The minimum absolute atomic E-state index is 0.0979. The fraction of sp³-hybridized carbons (Fsp3) is 0.529. The predicted octanol–water partition coefficient (Wildman–Crippen LogP) is 1.97. The van der Waals surface area contributed by atoms with Crippen molar-refractivity contribution in [3.05, 3.63) is 29.8 Å². The third kappa shape index (κ3) is 3.65. The van der Waals surface area contributed by atoms with Gasteiger partial charge in [0, 0.05) is 18.7 Å². The van der Waals surface area contributed by atoms with Gasteiger partial charge >= 0.3 is 0 Å². The third-order valence-electron chi connectivity index (χ3n) is 4.14. The number of nitrogens with zero attached hydrogens (tertiary/aromatic N) is 1. The quantitative estimate of drug-likeness (QED) is 0.873. The highest BCUT2D eigenvalue weighted by Gasteiger charge is 2.23. The Kier molecular flexibility index (Phi) is 5.19. The highest BCUT2D eigenvalue weighted by molar-refractivity contribution is 5.95. The number of benzene rings is 1. The van der Waals surface area contributed by atoms with Gasteiger partial charge in [-0.3, -0.25) is 9.59 Å². The van der Waals surface area contributed by atoms with E-state index in [1.54, 1.807) is 4.90 Å². The Morgan fingerprint density at radius 2 is 2.05 bits per heavy atom. The summed E-state index contributed by atoms with van der Waals surface area (Å²) in [6.07, 6.45) is 1.51. The summed E-state index contributed by atoms with van der Waals surface area (Å²) in [5.74, 6) is 0.113. The smallest absolute Gasteiger partial charge is 0.237 e. The highest BCUT2D eigenvalue weighted by atomic mass is 16.2. The molecule has 0 spiro atoms. The summed E-state index contributed by atoms with van der Waals surface area (Å²) < 4.78 is 0. The number of amides is 2. The molecule has 2 rings (SSSR count). The first kappa shape index (κ1) is 16.5. The van der Waals surface area contributed by atoms with Crippen molar-refractivity contribution >= 4 is 17.5 Å². The van der Waals surface area contributed by atoms with E-state index in [1.807, 2.05) is 45.0 Å². The minimum Gasteiger partial charge on any atom is -0.348 e. The van der Waals surface area contributed by atoms with Crippen molar-refractivity contribution in [1.29, 1.82) is 0 Å². The van der Waals surface area contributed by atoms with Gasteiger partial charge in [0.05, 0.1) is 12.1 Å². The Morgan fingerprint density at radius 3 is 2.64 bits per heavy atom. The molecule has 0 aromatic heterocycles. The summed E-state index contributed by atoms with van der Waals surface area (Å²) in [7, 11) is 0. The molecule has 1 aliphatic heterocycles. The fourth-order valence-corrected chi connectivity index (χ4v) is 2.58. The van der Waals surface area contributed by atoms with Crippen LogP contribution in [0.1, 0.15) is 45.2 Å². The van der Waals surface area contributed by atoms with Crippen LogP contribution in [-0.4, -0.2) is 24.4 Å². The Labute approximate surface area is 131 Å². The molecule has 120 valence electrons. The number of hydrogen-bond acceptors (Lipinski definition) is 3. The van der Waals surface area contributed by atoms with Crippen LogP contribution < -0.4 is 16.0 Å². The molecule has 0 bridgehead atoms. The van der Waals surface area contributed by atoms with E-state index < -0.39 is 6.04 Å². The van der Waals surface area contributed by atoms with E-state index in [0.717, 1.165) is 24.2 Å². The number of anilines is 1. The molecule has 1 heterocycles. The summed E-state index contributed by atoms with van der Waals surface area (Å²) in [5.41, 5.74) is 7.74. The summed E-state index contributed by atoms with van der Waals surface area (Å²) in [5, 5.41) is 2.94. The molecule has 0 saturated carbocycles. The zero-order valence-corrected chi connectivity index (χ0v) is 13.5. The van der Waals surface area contributed by atoms with E-state index in [-0.39, 0.29) is 23.8 Å². The van der Waals surface area contributed by atoms with Crippen molar-refractivity contribution < 1.29 is 9.59 Å². The molecule has 1 saturated heterocycles. The van der Waals surface area contributed by atoms with Gasteiger partial charge in [-0.25, -0.2) is 0 Å². The van der Waals surface area contributed by atoms with Crippen LogP contribution in [0, 0.1) is 5.92 Å². The second kappa shape index (κ2) is 6.92. The van der Waals surface area contributed by atoms with Gasteiger partial charge in [0.15, 0.2) is 0 Å². The van der Waals surface area contributed by atoms with Crippen LogP contribution in [0.2, 0.25) is 0 Å². The third-order valence-corrected chi connectivity index (χ3v) is 4.14. The summed E-state index contributed by atoms with van der Waals surface area (Å²) in [4.78, 5) is 25.7. The van der Waals surface area contributed by atoms with E-state index in [1.165, 1.54) is 0 Å². The molecule has 0 radical (unpaired) electrons. The van der Waals surface area contributed by atoms with Crippen LogP contribution in [0.25, 0.3) is 0 Å². The topological polar surface area (TPSA) is 75.4 Å². The van der Waals surface area contributed by atoms with Crippen molar-refractivity contribution in [2.75, 3.05) is 11.4 Å². The zero-order valence-electron chi connectivity index (χ0n) is 13.5. The monoisotopic (exact) mass is 303 g/mol. The first-order valence-corrected chi connectivity index (χ1v) is 7.86. The first-order valence-electron chi connectivity index (χ1n) is 7.86. The summed E-state index contributed by atoms with van der Waals surface area (Å²) in [6.45, 7) is 6.54. The maximum Gasteiger partial charge on any atom is 0.237 e. The largest absolute Gasteiger partial charge is 0.348 e. The van der Waals surface area contributed by atoms with Gasteiger partial charge in [0.25, 0.3) is 0 Å². The second-order valence-electron chi connectivity index (χ2n) is 6.24. The Balaban J connectivity index is 2.09. The molecule has 1 fully saturated rings. The number of carbonyl (C=O) groups is 2. The van der Waals surface area contributed by atoms with E-state index >= 15 is 0 Å². The fourth-order valence-electron chi connectivity index (χ4n) is 2.58. The van der Waals surface area contributed by atoms with Crippen LogP contribution in [-0.2, 0) is 9.59 Å². The molecule has 0 aliphatic carbocycles. The van der Waals surface area contributed by atoms with Crippen LogP contribution in [0.15, 0.2) is 24.3 Å². The Bertz CT molecular complexity index is 557. The molecule has 22 heavy (non-hydrogen) atoms. The van der Waals surface area contributed by atoms with Crippen LogP contribution in [0.3, 0.4) is 0 Å². The van der Waals surface area contributed by atoms with E-state index in [9.17, 15) is 9.59 Å². The molecule has 3 N–H and O–H groups in total. The van der Waals surface area contributed by atoms with Gasteiger partial charge in [-0.2, -0.15) is 0 Å². The van der Waals surface area contributed by atoms with Gasteiger partial charge in [0.2, 0.25) is 11.8 Å². The van der Waals surface area contributed by atoms with Crippen LogP contribution >= 0.6 is 0 Å². The number of hydrogen-bond donors (Lipinski definition) is 2. The molecule has 1 aromatic rings. The summed E-state index contributed by atoms with van der Waals surface area (Å²) >= 11 is 0. The molecular weight excluding hydrogens is 278 g/mol. The lowest BCUT2D eigenvalue weighted by Gasteiger charge is -2.22. The number of nitrogens with two attached hydrogens (primary N) is 1. The second-order valence-corrected chi connectivity index (χ2v) is 6.24. The molecule has 5 heteroatoms. The van der Waals surface area contributed by atoms with E-state index in [0.29, 0.717) is 6.42 Å². The SMILES string of the molecule is CC(NC(=O)[C@@H](N)C(C)C)c1cccc(N2CCCC2=O)c1. The van der Waals surface area contributed by atoms with Crippen LogP contribution in [0.4, 0.5) is 5.69 Å². The molecule has 2 amide bonds. The molecule has 5 nitrogen and oxygen atoms in total. The molecule has 2 atom stereocenters. The highest BCUT2D eigenvalue weighted by Crippen LogP contribution is 2.24. The van der Waals surface area contributed by atoms with Crippen molar-refractivity contribution in [3.8, 4) is 0 Å². The molecule has 1 aromatic carbocycles.